The zero-order valence-corrected chi connectivity index (χ0v) is 15.0. The average Bonchev–Trinajstić information content (AvgIpc) is 2.63. The summed E-state index contributed by atoms with van der Waals surface area (Å²) in [6, 6.07) is 8.28. The minimum Gasteiger partial charge on any atom is -0.381 e. The largest absolute Gasteiger partial charge is 0.391 e. The summed E-state index contributed by atoms with van der Waals surface area (Å²) >= 11 is 0. The number of hydrogen-bond donors (Lipinski definition) is 3. The molecule has 0 radical (unpaired) electrons. The molecule has 26 heavy (non-hydrogen) atoms. The number of nitrogens with zero attached hydrogens (tertiary/aromatic N) is 1. The molecule has 1 saturated carbocycles. The van der Waals surface area contributed by atoms with Crippen LogP contribution in [0.4, 0.5) is 24.5 Å². The van der Waals surface area contributed by atoms with Crippen molar-refractivity contribution < 1.29 is 13.2 Å². The molecule has 7 heteroatoms. The first kappa shape index (κ1) is 19.3. The molecule has 1 aliphatic heterocycles. The SMILES string of the molecule is NC[C@@H]1CCC(Nc2ccc(N3CCC(C(F)(F)F)CC3)cc2)[C@@H](N)C1. The molecule has 0 bridgehead atoms. The van der Waals surface area contributed by atoms with Crippen molar-refractivity contribution in [2.75, 3.05) is 29.9 Å². The van der Waals surface area contributed by atoms with E-state index in [0.717, 1.165) is 30.6 Å². The van der Waals surface area contributed by atoms with Crippen LogP contribution in [0.2, 0.25) is 0 Å². The van der Waals surface area contributed by atoms with E-state index in [-0.39, 0.29) is 24.9 Å². The van der Waals surface area contributed by atoms with Gasteiger partial charge in [0.25, 0.3) is 0 Å². The zero-order chi connectivity index (χ0) is 18.7. The van der Waals surface area contributed by atoms with Gasteiger partial charge in [-0.3, -0.25) is 0 Å². The number of benzene rings is 1. The summed E-state index contributed by atoms with van der Waals surface area (Å²) in [6.07, 6.45) is -0.683. The Balaban J connectivity index is 1.53. The molecule has 5 N–H and O–H groups in total. The van der Waals surface area contributed by atoms with Crippen molar-refractivity contribution >= 4 is 11.4 Å². The normalized spacial score (nSPS) is 28.2. The molecule has 2 fully saturated rings. The van der Waals surface area contributed by atoms with Crippen LogP contribution < -0.4 is 21.7 Å². The van der Waals surface area contributed by atoms with Crippen molar-refractivity contribution in [1.82, 2.24) is 0 Å². The van der Waals surface area contributed by atoms with Crippen molar-refractivity contribution in [3.05, 3.63) is 24.3 Å². The second-order valence-corrected chi connectivity index (χ2v) is 7.68. The second-order valence-electron chi connectivity index (χ2n) is 7.68. The third kappa shape index (κ3) is 4.62. The lowest BCUT2D eigenvalue weighted by atomic mass is 9.82. The molecule has 1 aliphatic carbocycles. The van der Waals surface area contributed by atoms with E-state index in [1.165, 1.54) is 0 Å². The molecule has 0 aromatic heterocycles. The molecule has 1 aromatic carbocycles. The number of anilines is 2. The van der Waals surface area contributed by atoms with E-state index in [0.29, 0.717) is 25.6 Å². The highest BCUT2D eigenvalue weighted by molar-refractivity contribution is 5.55. The van der Waals surface area contributed by atoms with Crippen LogP contribution in [0.25, 0.3) is 0 Å². The Labute approximate surface area is 153 Å². The van der Waals surface area contributed by atoms with Gasteiger partial charge in [-0.15, -0.1) is 0 Å². The first-order chi connectivity index (χ1) is 12.4. The van der Waals surface area contributed by atoms with Gasteiger partial charge in [-0.25, -0.2) is 0 Å². The second kappa shape index (κ2) is 8.05. The minimum absolute atomic E-state index is 0.0957. The Kier molecular flexibility index (Phi) is 5.97. The van der Waals surface area contributed by atoms with Crippen molar-refractivity contribution in [3.8, 4) is 0 Å². The smallest absolute Gasteiger partial charge is 0.381 e. The number of halogens is 3. The molecule has 146 valence electrons. The van der Waals surface area contributed by atoms with Gasteiger partial charge in [-0.05, 0) is 68.8 Å². The third-order valence-corrected chi connectivity index (χ3v) is 5.88. The van der Waals surface area contributed by atoms with Crippen LogP contribution in [0.1, 0.15) is 32.1 Å². The van der Waals surface area contributed by atoms with Crippen LogP contribution in [-0.2, 0) is 0 Å². The quantitative estimate of drug-likeness (QED) is 0.761. The maximum Gasteiger partial charge on any atom is 0.391 e. The molecule has 3 atom stereocenters. The van der Waals surface area contributed by atoms with Gasteiger partial charge in [0.05, 0.1) is 5.92 Å². The summed E-state index contributed by atoms with van der Waals surface area (Å²) in [5.41, 5.74) is 14.0. The molecule has 1 aromatic rings. The van der Waals surface area contributed by atoms with Gasteiger partial charge in [0, 0.05) is 36.5 Å². The summed E-state index contributed by atoms with van der Waals surface area (Å²) in [4.78, 5) is 2.03. The molecule has 3 rings (SSSR count). The molecular formula is C19H29F3N4. The van der Waals surface area contributed by atoms with E-state index in [1.807, 2.05) is 29.2 Å². The van der Waals surface area contributed by atoms with Gasteiger partial charge in [-0.2, -0.15) is 13.2 Å². The number of nitrogens with one attached hydrogen (secondary N) is 1. The number of rotatable bonds is 4. The zero-order valence-electron chi connectivity index (χ0n) is 15.0. The Morgan fingerprint density at radius 2 is 1.69 bits per heavy atom. The van der Waals surface area contributed by atoms with Gasteiger partial charge in [0.1, 0.15) is 0 Å². The van der Waals surface area contributed by atoms with Crippen LogP contribution >= 0.6 is 0 Å². The summed E-state index contributed by atoms with van der Waals surface area (Å²) in [5, 5.41) is 3.50. The maximum atomic E-state index is 12.8. The highest BCUT2D eigenvalue weighted by Crippen LogP contribution is 2.35. The minimum atomic E-state index is -4.07. The standard InChI is InChI=1S/C19H29F3N4/c20-19(21,22)14-7-9-26(10-8-14)16-4-2-15(3-5-16)25-18-6-1-13(12-23)11-17(18)24/h2-5,13-14,17-18,25H,1,6-12,23-24H2/t13-,17+,18?/m1/s1. The van der Waals surface area contributed by atoms with Crippen LogP contribution in [-0.4, -0.2) is 37.9 Å². The summed E-state index contributed by atoms with van der Waals surface area (Å²) in [7, 11) is 0. The number of alkyl halides is 3. The predicted molar refractivity (Wildman–Crippen MR) is 99.2 cm³/mol. The van der Waals surface area contributed by atoms with Gasteiger partial charge in [0.2, 0.25) is 0 Å². The molecule has 0 amide bonds. The van der Waals surface area contributed by atoms with Gasteiger partial charge in [0.15, 0.2) is 0 Å². The summed E-state index contributed by atoms with van der Waals surface area (Å²) in [5.74, 6) is -0.644. The molecule has 1 heterocycles. The Morgan fingerprint density at radius 1 is 1.04 bits per heavy atom. The van der Waals surface area contributed by atoms with E-state index < -0.39 is 12.1 Å². The molecular weight excluding hydrogens is 341 g/mol. The van der Waals surface area contributed by atoms with E-state index >= 15 is 0 Å². The Bertz CT molecular complexity index is 567. The predicted octanol–water partition coefficient (Wildman–Crippen LogP) is 3.33. The molecule has 2 aliphatic rings. The lowest BCUT2D eigenvalue weighted by Gasteiger charge is -2.35. The lowest BCUT2D eigenvalue weighted by molar-refractivity contribution is -0.179. The molecule has 1 saturated heterocycles. The lowest BCUT2D eigenvalue weighted by Crippen LogP contribution is -2.46. The Morgan fingerprint density at radius 3 is 2.23 bits per heavy atom. The van der Waals surface area contributed by atoms with Gasteiger partial charge < -0.3 is 21.7 Å². The molecule has 1 unspecified atom stereocenters. The summed E-state index contributed by atoms with van der Waals surface area (Å²) in [6.45, 7) is 1.59. The number of nitrogens with two attached hydrogens (primary N) is 2. The van der Waals surface area contributed by atoms with Crippen LogP contribution in [0.15, 0.2) is 24.3 Å². The topological polar surface area (TPSA) is 67.3 Å². The van der Waals surface area contributed by atoms with Crippen molar-refractivity contribution in [2.24, 2.45) is 23.3 Å². The third-order valence-electron chi connectivity index (χ3n) is 5.88. The van der Waals surface area contributed by atoms with E-state index in [4.69, 9.17) is 11.5 Å². The van der Waals surface area contributed by atoms with Crippen LogP contribution in [0.3, 0.4) is 0 Å². The highest BCUT2D eigenvalue weighted by atomic mass is 19.4. The first-order valence-electron chi connectivity index (χ1n) is 9.50. The first-order valence-corrected chi connectivity index (χ1v) is 9.50. The highest BCUT2D eigenvalue weighted by Gasteiger charge is 2.41. The monoisotopic (exact) mass is 370 g/mol. The van der Waals surface area contributed by atoms with E-state index in [2.05, 4.69) is 5.32 Å². The van der Waals surface area contributed by atoms with Gasteiger partial charge >= 0.3 is 6.18 Å². The number of piperidine rings is 1. The fourth-order valence-electron chi connectivity index (χ4n) is 4.14. The van der Waals surface area contributed by atoms with Crippen LogP contribution in [0, 0.1) is 11.8 Å². The maximum absolute atomic E-state index is 12.8. The van der Waals surface area contributed by atoms with Gasteiger partial charge in [-0.1, -0.05) is 0 Å². The number of hydrogen-bond acceptors (Lipinski definition) is 4. The van der Waals surface area contributed by atoms with E-state index in [9.17, 15) is 13.2 Å². The van der Waals surface area contributed by atoms with Crippen molar-refractivity contribution in [3.63, 3.8) is 0 Å². The van der Waals surface area contributed by atoms with Crippen molar-refractivity contribution in [2.45, 2.75) is 50.4 Å². The fraction of sp³-hybridized carbons (Fsp3) is 0.684. The fourth-order valence-corrected chi connectivity index (χ4v) is 4.14. The Hall–Kier alpha value is -1.47. The van der Waals surface area contributed by atoms with Crippen molar-refractivity contribution in [1.29, 1.82) is 0 Å². The van der Waals surface area contributed by atoms with E-state index in [1.54, 1.807) is 0 Å². The average molecular weight is 370 g/mol. The molecule has 0 spiro atoms. The van der Waals surface area contributed by atoms with Crippen LogP contribution in [0.5, 0.6) is 0 Å². The summed E-state index contributed by atoms with van der Waals surface area (Å²) < 4.78 is 38.3. The molecule has 4 nitrogen and oxygen atoms in total.